The van der Waals surface area contributed by atoms with Gasteiger partial charge in [0.15, 0.2) is 0 Å². The summed E-state index contributed by atoms with van der Waals surface area (Å²) >= 11 is 5.79. The average Bonchev–Trinajstić information content (AvgIpc) is 2.37. The van der Waals surface area contributed by atoms with Crippen LogP contribution >= 0.6 is 11.6 Å². The number of nitrogens with zero attached hydrogens (tertiary/aromatic N) is 3. The molecule has 5 heteroatoms. The predicted molar refractivity (Wildman–Crippen MR) is 65.5 cm³/mol. The molecule has 4 nitrogen and oxygen atoms in total. The van der Waals surface area contributed by atoms with Gasteiger partial charge in [0, 0.05) is 30.1 Å². The van der Waals surface area contributed by atoms with Crippen LogP contribution in [0.5, 0.6) is 0 Å². The first-order valence-electron chi connectivity index (χ1n) is 5.02. The zero-order valence-electron chi connectivity index (χ0n) is 8.92. The van der Waals surface area contributed by atoms with Gasteiger partial charge in [-0.3, -0.25) is 4.98 Å². The molecule has 2 aromatic heterocycles. The Morgan fingerprint density at radius 1 is 1.29 bits per heavy atom. The fourth-order valence-electron chi connectivity index (χ4n) is 1.45. The van der Waals surface area contributed by atoms with E-state index in [0.29, 0.717) is 17.3 Å². The van der Waals surface area contributed by atoms with Crippen molar-refractivity contribution in [1.29, 1.82) is 0 Å². The van der Waals surface area contributed by atoms with E-state index in [9.17, 15) is 0 Å². The first-order chi connectivity index (χ1) is 8.29. The Balaban J connectivity index is 2.23. The number of rotatable bonds is 3. The maximum Gasteiger partial charge on any atom is 0.129 e. The summed E-state index contributed by atoms with van der Waals surface area (Å²) < 4.78 is 0. The molecule has 86 valence electrons. The molecule has 0 atom stereocenters. The lowest BCUT2D eigenvalue weighted by Gasteiger charge is -2.03. The molecule has 0 radical (unpaired) electrons. The quantitative estimate of drug-likeness (QED) is 0.392. The fraction of sp³-hybridized carbons (Fsp3) is 0.0833. The lowest BCUT2D eigenvalue weighted by atomic mass is 10.1. The molecule has 0 spiro atoms. The van der Waals surface area contributed by atoms with Crippen molar-refractivity contribution in [1.82, 2.24) is 9.97 Å². The molecule has 0 unspecified atom stereocenters. The summed E-state index contributed by atoms with van der Waals surface area (Å²) in [5, 5.41) is 12.7. The summed E-state index contributed by atoms with van der Waals surface area (Å²) in [5.74, 6) is 0. The maximum absolute atomic E-state index is 9.01. The fourth-order valence-corrected chi connectivity index (χ4v) is 1.63. The highest BCUT2D eigenvalue weighted by atomic mass is 35.5. The van der Waals surface area contributed by atoms with Crippen molar-refractivity contribution in [2.45, 2.75) is 6.42 Å². The topological polar surface area (TPSA) is 58.4 Å². The Morgan fingerprint density at radius 3 is 2.82 bits per heavy atom. The van der Waals surface area contributed by atoms with Gasteiger partial charge in [-0.15, -0.1) is 0 Å². The van der Waals surface area contributed by atoms with E-state index in [-0.39, 0.29) is 0 Å². The number of pyridine rings is 2. The number of oxime groups is 1. The van der Waals surface area contributed by atoms with Crippen LogP contribution in [0.15, 0.2) is 47.9 Å². The summed E-state index contributed by atoms with van der Waals surface area (Å²) in [6.07, 6.45) is 3.71. The van der Waals surface area contributed by atoms with Crippen LogP contribution in [-0.2, 0) is 6.42 Å². The highest BCUT2D eigenvalue weighted by Gasteiger charge is 2.07. The third-order valence-electron chi connectivity index (χ3n) is 2.24. The molecular formula is C12H10ClN3O. The molecule has 0 aliphatic rings. The number of hydrogen-bond acceptors (Lipinski definition) is 4. The van der Waals surface area contributed by atoms with Crippen molar-refractivity contribution in [2.75, 3.05) is 0 Å². The average molecular weight is 248 g/mol. The van der Waals surface area contributed by atoms with Gasteiger partial charge >= 0.3 is 0 Å². The highest BCUT2D eigenvalue weighted by molar-refractivity contribution is 6.29. The molecule has 0 aromatic carbocycles. The van der Waals surface area contributed by atoms with Crippen LogP contribution < -0.4 is 0 Å². The zero-order chi connectivity index (χ0) is 12.1. The molecule has 0 aliphatic carbocycles. The van der Waals surface area contributed by atoms with Crippen LogP contribution in [0, 0.1) is 0 Å². The lowest BCUT2D eigenvalue weighted by molar-refractivity contribution is 0.318. The molecule has 17 heavy (non-hydrogen) atoms. The summed E-state index contributed by atoms with van der Waals surface area (Å²) in [6.45, 7) is 0. The first-order valence-corrected chi connectivity index (χ1v) is 5.40. The van der Waals surface area contributed by atoms with Crippen molar-refractivity contribution in [3.63, 3.8) is 0 Å². The predicted octanol–water partition coefficient (Wildman–Crippen LogP) is 2.55. The summed E-state index contributed by atoms with van der Waals surface area (Å²) in [7, 11) is 0. The Bertz CT molecular complexity index is 528. The molecule has 0 bridgehead atoms. The van der Waals surface area contributed by atoms with Gasteiger partial charge in [-0.1, -0.05) is 22.8 Å². The second kappa shape index (κ2) is 5.41. The van der Waals surface area contributed by atoms with Gasteiger partial charge < -0.3 is 5.21 Å². The molecule has 1 N–H and O–H groups in total. The molecule has 0 saturated heterocycles. The van der Waals surface area contributed by atoms with Crippen LogP contribution in [-0.4, -0.2) is 20.9 Å². The molecule has 2 heterocycles. The molecule has 2 aromatic rings. The third-order valence-corrected chi connectivity index (χ3v) is 2.45. The van der Waals surface area contributed by atoms with Crippen molar-refractivity contribution in [3.05, 3.63) is 59.1 Å². The molecule has 0 amide bonds. The van der Waals surface area contributed by atoms with Crippen LogP contribution in [0.2, 0.25) is 5.15 Å². The molecule has 2 rings (SSSR count). The Morgan fingerprint density at radius 2 is 2.18 bits per heavy atom. The van der Waals surface area contributed by atoms with E-state index in [1.54, 1.807) is 24.5 Å². The van der Waals surface area contributed by atoms with Gasteiger partial charge in [0.25, 0.3) is 0 Å². The lowest BCUT2D eigenvalue weighted by Crippen LogP contribution is -2.07. The van der Waals surface area contributed by atoms with Gasteiger partial charge in [-0.2, -0.15) is 0 Å². The van der Waals surface area contributed by atoms with E-state index in [1.807, 2.05) is 18.2 Å². The number of hydrogen-bond donors (Lipinski definition) is 1. The van der Waals surface area contributed by atoms with E-state index in [1.165, 1.54) is 0 Å². The maximum atomic E-state index is 9.01. The van der Waals surface area contributed by atoms with Crippen LogP contribution in [0.25, 0.3) is 0 Å². The smallest absolute Gasteiger partial charge is 0.129 e. The Kier molecular flexibility index (Phi) is 3.67. The van der Waals surface area contributed by atoms with Gasteiger partial charge in [-0.05, 0) is 24.3 Å². The molecule has 0 saturated carbocycles. The van der Waals surface area contributed by atoms with E-state index in [2.05, 4.69) is 15.1 Å². The van der Waals surface area contributed by atoms with Crippen LogP contribution in [0.1, 0.15) is 11.3 Å². The largest absolute Gasteiger partial charge is 0.411 e. The highest BCUT2D eigenvalue weighted by Crippen LogP contribution is 2.09. The molecule has 0 fully saturated rings. The second-order valence-electron chi connectivity index (χ2n) is 3.42. The van der Waals surface area contributed by atoms with E-state index < -0.39 is 0 Å². The van der Waals surface area contributed by atoms with Crippen molar-refractivity contribution >= 4 is 17.3 Å². The van der Waals surface area contributed by atoms with Crippen LogP contribution in [0.4, 0.5) is 0 Å². The van der Waals surface area contributed by atoms with Gasteiger partial charge in [0.1, 0.15) is 5.15 Å². The second-order valence-corrected chi connectivity index (χ2v) is 3.80. The summed E-state index contributed by atoms with van der Waals surface area (Å²) in [6, 6.07) is 8.94. The first kappa shape index (κ1) is 11.5. The SMILES string of the molecule is O/N=C(/Cc1cccc(Cl)n1)c1cccnc1. The number of aromatic nitrogens is 2. The zero-order valence-corrected chi connectivity index (χ0v) is 9.67. The van der Waals surface area contributed by atoms with E-state index >= 15 is 0 Å². The van der Waals surface area contributed by atoms with Crippen LogP contribution in [0.3, 0.4) is 0 Å². The minimum absolute atomic E-state index is 0.406. The molecule has 0 aliphatic heterocycles. The van der Waals surface area contributed by atoms with Gasteiger partial charge in [0.05, 0.1) is 5.71 Å². The van der Waals surface area contributed by atoms with Crippen molar-refractivity contribution in [3.8, 4) is 0 Å². The summed E-state index contributed by atoms with van der Waals surface area (Å²) in [4.78, 5) is 8.11. The van der Waals surface area contributed by atoms with Gasteiger partial charge in [0.2, 0.25) is 0 Å². The third kappa shape index (κ3) is 3.01. The van der Waals surface area contributed by atoms with Gasteiger partial charge in [-0.25, -0.2) is 4.98 Å². The van der Waals surface area contributed by atoms with Crippen molar-refractivity contribution in [2.24, 2.45) is 5.16 Å². The Hall–Kier alpha value is -1.94. The standard InChI is InChI=1S/C12H10ClN3O/c13-12-5-1-4-10(15-12)7-11(16-17)9-3-2-6-14-8-9/h1-6,8,17H,7H2/b16-11-. The van der Waals surface area contributed by atoms with E-state index in [4.69, 9.17) is 16.8 Å². The summed E-state index contributed by atoms with van der Waals surface area (Å²) in [5.41, 5.74) is 2.01. The monoisotopic (exact) mass is 247 g/mol. The van der Waals surface area contributed by atoms with Crippen molar-refractivity contribution < 1.29 is 5.21 Å². The minimum atomic E-state index is 0.406. The Labute approximate surface area is 104 Å². The minimum Gasteiger partial charge on any atom is -0.411 e. The normalized spacial score (nSPS) is 11.5. The van der Waals surface area contributed by atoms with E-state index in [0.717, 1.165) is 11.3 Å². The molecular weight excluding hydrogens is 238 g/mol. The number of halogens is 1.